The summed E-state index contributed by atoms with van der Waals surface area (Å²) >= 11 is 1.85. The SMILES string of the molecule is c1ccc(-n2c3ccccc3c3ccc4cc5c(cc4c32)c2ccccc2n5-c2cc3ccccc3s2)cc1. The first kappa shape index (κ1) is 21.1. The van der Waals surface area contributed by atoms with E-state index in [2.05, 4.69) is 143 Å². The molecule has 182 valence electrons. The molecule has 0 fully saturated rings. The second kappa shape index (κ2) is 7.83. The van der Waals surface area contributed by atoms with Crippen LogP contribution in [0.25, 0.3) is 75.2 Å². The minimum absolute atomic E-state index is 1.18. The minimum Gasteiger partial charge on any atom is -0.309 e. The topological polar surface area (TPSA) is 9.86 Å². The fraction of sp³-hybridized carbons (Fsp3) is 0. The zero-order chi connectivity index (χ0) is 25.5. The molecule has 6 aromatic carbocycles. The van der Waals surface area contributed by atoms with Gasteiger partial charge in [-0.25, -0.2) is 0 Å². The fourth-order valence-corrected chi connectivity index (χ4v) is 7.50. The Labute approximate surface area is 228 Å². The van der Waals surface area contributed by atoms with Crippen LogP contribution in [0, 0.1) is 0 Å². The number of hydrogen-bond donors (Lipinski definition) is 0. The lowest BCUT2D eigenvalue weighted by Gasteiger charge is -2.10. The lowest BCUT2D eigenvalue weighted by Crippen LogP contribution is -1.94. The van der Waals surface area contributed by atoms with E-state index in [1.165, 1.54) is 75.2 Å². The van der Waals surface area contributed by atoms with E-state index >= 15 is 0 Å². The van der Waals surface area contributed by atoms with Crippen molar-refractivity contribution in [2.24, 2.45) is 0 Å². The van der Waals surface area contributed by atoms with Crippen LogP contribution in [0.2, 0.25) is 0 Å². The minimum atomic E-state index is 1.18. The largest absolute Gasteiger partial charge is 0.309 e. The Bertz CT molecular complexity index is 2350. The molecule has 0 N–H and O–H groups in total. The maximum Gasteiger partial charge on any atom is 0.101 e. The van der Waals surface area contributed by atoms with Crippen LogP contribution in [-0.4, -0.2) is 9.13 Å². The van der Waals surface area contributed by atoms with Gasteiger partial charge in [-0.05, 0) is 59.3 Å². The maximum absolute atomic E-state index is 2.45. The van der Waals surface area contributed by atoms with Crippen LogP contribution in [0.3, 0.4) is 0 Å². The Kier molecular flexibility index (Phi) is 4.24. The lowest BCUT2D eigenvalue weighted by molar-refractivity contribution is 1.19. The molecule has 9 aromatic rings. The molecule has 2 nitrogen and oxygen atoms in total. The maximum atomic E-state index is 2.45. The number of thiophene rings is 1. The number of rotatable bonds is 2. The van der Waals surface area contributed by atoms with Crippen LogP contribution in [0.4, 0.5) is 0 Å². The molecule has 3 heterocycles. The molecule has 0 unspecified atom stereocenters. The van der Waals surface area contributed by atoms with Gasteiger partial charge >= 0.3 is 0 Å². The number of aromatic nitrogens is 2. The summed E-state index contributed by atoms with van der Waals surface area (Å²) in [6.07, 6.45) is 0. The number of nitrogens with zero attached hydrogens (tertiary/aromatic N) is 2. The molecule has 3 heteroatoms. The van der Waals surface area contributed by atoms with Crippen LogP contribution in [0.15, 0.2) is 133 Å². The van der Waals surface area contributed by atoms with Gasteiger partial charge in [0.2, 0.25) is 0 Å². The molecule has 39 heavy (non-hydrogen) atoms. The van der Waals surface area contributed by atoms with Crippen LogP contribution in [0.1, 0.15) is 0 Å². The lowest BCUT2D eigenvalue weighted by atomic mass is 10.0. The summed E-state index contributed by atoms with van der Waals surface area (Å²) in [7, 11) is 0. The third-order valence-corrected chi connectivity index (χ3v) is 9.19. The van der Waals surface area contributed by atoms with Gasteiger partial charge < -0.3 is 9.13 Å². The highest BCUT2D eigenvalue weighted by Gasteiger charge is 2.19. The molecule has 3 aromatic heterocycles. The van der Waals surface area contributed by atoms with Gasteiger partial charge in [0.1, 0.15) is 5.00 Å². The molecule has 0 atom stereocenters. The molecular formula is C36H22N2S. The first-order chi connectivity index (χ1) is 19.3. The second-order valence-electron chi connectivity index (χ2n) is 10.2. The number of benzene rings is 6. The van der Waals surface area contributed by atoms with Crippen molar-refractivity contribution < 1.29 is 0 Å². The molecule has 0 aliphatic carbocycles. The van der Waals surface area contributed by atoms with Crippen molar-refractivity contribution in [1.82, 2.24) is 9.13 Å². The van der Waals surface area contributed by atoms with Gasteiger partial charge in [0.25, 0.3) is 0 Å². The predicted octanol–water partition coefficient (Wildman–Crippen LogP) is 10.2. The van der Waals surface area contributed by atoms with E-state index < -0.39 is 0 Å². The molecule has 0 bridgehead atoms. The van der Waals surface area contributed by atoms with Gasteiger partial charge in [-0.1, -0.05) is 84.9 Å². The highest BCUT2D eigenvalue weighted by Crippen LogP contribution is 2.42. The molecule has 9 rings (SSSR count). The van der Waals surface area contributed by atoms with Gasteiger partial charge in [0.05, 0.1) is 22.1 Å². The second-order valence-corrected chi connectivity index (χ2v) is 11.3. The summed E-state index contributed by atoms with van der Waals surface area (Å²) in [4.78, 5) is 0. The van der Waals surface area contributed by atoms with E-state index in [1.807, 2.05) is 11.3 Å². The standard InChI is InChI=1S/C36H22N2S/c1-2-11-25(12-3-1)37-31-15-7-5-13-26(31)28-19-18-23-20-33-30(22-29(23)36(28)37)27-14-6-8-16-32(27)38(33)35-21-24-10-4-9-17-34(24)39-35/h1-22H. The Morgan fingerprint density at radius 1 is 0.410 bits per heavy atom. The molecule has 0 aliphatic heterocycles. The van der Waals surface area contributed by atoms with Gasteiger partial charge in [0, 0.05) is 37.3 Å². The zero-order valence-electron chi connectivity index (χ0n) is 21.0. The number of hydrogen-bond acceptors (Lipinski definition) is 1. The van der Waals surface area contributed by atoms with Crippen molar-refractivity contribution in [3.8, 4) is 10.7 Å². The van der Waals surface area contributed by atoms with Crippen molar-refractivity contribution in [3.63, 3.8) is 0 Å². The third kappa shape index (κ3) is 2.91. The summed E-state index contributed by atoms with van der Waals surface area (Å²) in [5.41, 5.74) is 6.18. The van der Waals surface area contributed by atoms with E-state index in [9.17, 15) is 0 Å². The summed E-state index contributed by atoms with van der Waals surface area (Å²) < 4.78 is 6.20. The normalized spacial score (nSPS) is 12.1. The molecular weight excluding hydrogens is 492 g/mol. The molecule has 0 saturated carbocycles. The molecule has 0 radical (unpaired) electrons. The van der Waals surface area contributed by atoms with Gasteiger partial charge in [-0.2, -0.15) is 0 Å². The molecule has 0 aliphatic rings. The van der Waals surface area contributed by atoms with Crippen LogP contribution in [-0.2, 0) is 0 Å². The molecule has 0 amide bonds. The van der Waals surface area contributed by atoms with Crippen LogP contribution < -0.4 is 0 Å². The fourth-order valence-electron chi connectivity index (χ4n) is 6.41. The highest BCUT2D eigenvalue weighted by atomic mass is 32.1. The zero-order valence-corrected chi connectivity index (χ0v) is 21.8. The first-order valence-corrected chi connectivity index (χ1v) is 14.1. The Balaban J connectivity index is 1.46. The Morgan fingerprint density at radius 2 is 1.10 bits per heavy atom. The van der Waals surface area contributed by atoms with Crippen LogP contribution >= 0.6 is 11.3 Å². The Hall–Kier alpha value is -4.86. The monoisotopic (exact) mass is 514 g/mol. The number of para-hydroxylation sites is 3. The smallest absolute Gasteiger partial charge is 0.101 e. The van der Waals surface area contributed by atoms with Crippen molar-refractivity contribution >= 4 is 75.8 Å². The van der Waals surface area contributed by atoms with E-state index in [-0.39, 0.29) is 0 Å². The summed E-state index contributed by atoms with van der Waals surface area (Å²) in [6, 6.07) is 48.7. The van der Waals surface area contributed by atoms with E-state index in [1.54, 1.807) is 0 Å². The average Bonchev–Trinajstić information content (AvgIpc) is 3.66. The Morgan fingerprint density at radius 3 is 1.92 bits per heavy atom. The van der Waals surface area contributed by atoms with E-state index in [0.717, 1.165) is 0 Å². The summed E-state index contributed by atoms with van der Waals surface area (Å²) in [6.45, 7) is 0. The highest BCUT2D eigenvalue weighted by molar-refractivity contribution is 7.21. The predicted molar refractivity (Wildman–Crippen MR) is 168 cm³/mol. The first-order valence-electron chi connectivity index (χ1n) is 13.3. The molecule has 0 spiro atoms. The average molecular weight is 515 g/mol. The quantitative estimate of drug-likeness (QED) is 0.217. The third-order valence-electron chi connectivity index (χ3n) is 8.09. The summed E-state index contributed by atoms with van der Waals surface area (Å²) in [5, 5.41) is 10.2. The van der Waals surface area contributed by atoms with E-state index in [0.29, 0.717) is 0 Å². The van der Waals surface area contributed by atoms with Crippen molar-refractivity contribution in [3.05, 3.63) is 133 Å². The van der Waals surface area contributed by atoms with E-state index in [4.69, 9.17) is 0 Å². The number of fused-ring (bicyclic) bond motifs is 9. The van der Waals surface area contributed by atoms with Crippen molar-refractivity contribution in [2.45, 2.75) is 0 Å². The van der Waals surface area contributed by atoms with Gasteiger partial charge in [-0.15, -0.1) is 11.3 Å². The van der Waals surface area contributed by atoms with Crippen LogP contribution in [0.5, 0.6) is 0 Å². The molecule has 0 saturated heterocycles. The summed E-state index contributed by atoms with van der Waals surface area (Å²) in [5.74, 6) is 0. The van der Waals surface area contributed by atoms with Crippen molar-refractivity contribution in [2.75, 3.05) is 0 Å². The van der Waals surface area contributed by atoms with Gasteiger partial charge in [0.15, 0.2) is 0 Å². The van der Waals surface area contributed by atoms with Gasteiger partial charge in [-0.3, -0.25) is 0 Å². The van der Waals surface area contributed by atoms with Crippen molar-refractivity contribution in [1.29, 1.82) is 0 Å².